The smallest absolute Gasteiger partial charge is 0.271 e. The molecule has 1 fully saturated rings. The van der Waals surface area contributed by atoms with Crippen LogP contribution in [0, 0.1) is 10.1 Å². The molecular formula is C11H13ClN2O3. The number of hydrogen-bond acceptors (Lipinski definition) is 4. The average molecular weight is 257 g/mol. The van der Waals surface area contributed by atoms with E-state index in [1.54, 1.807) is 0 Å². The van der Waals surface area contributed by atoms with E-state index < -0.39 is 4.92 Å². The first kappa shape index (κ1) is 12.1. The molecule has 1 aliphatic heterocycles. The summed E-state index contributed by atoms with van der Waals surface area (Å²) in [7, 11) is 0. The molecule has 1 saturated heterocycles. The lowest BCUT2D eigenvalue weighted by molar-refractivity contribution is -0.384. The van der Waals surface area contributed by atoms with E-state index in [0.717, 1.165) is 19.4 Å². The molecule has 1 N–H and O–H groups in total. The maximum atomic E-state index is 10.7. The van der Waals surface area contributed by atoms with Crippen LogP contribution in [0.15, 0.2) is 18.2 Å². The topological polar surface area (TPSA) is 64.4 Å². The highest BCUT2D eigenvalue weighted by atomic mass is 35.5. The Balaban J connectivity index is 2.13. The quantitative estimate of drug-likeness (QED) is 0.667. The molecule has 1 unspecified atom stereocenters. The second-order valence-corrected chi connectivity index (χ2v) is 4.39. The molecule has 1 aliphatic rings. The number of hydrogen-bond donors (Lipinski definition) is 1. The normalized spacial score (nSPS) is 19.9. The maximum Gasteiger partial charge on any atom is 0.271 e. The number of ether oxygens (including phenoxy) is 1. The third kappa shape index (κ3) is 3.08. The van der Waals surface area contributed by atoms with Crippen LogP contribution in [0.4, 0.5) is 11.4 Å². The van der Waals surface area contributed by atoms with Crippen LogP contribution < -0.4 is 5.32 Å². The van der Waals surface area contributed by atoms with Crippen molar-refractivity contribution in [2.75, 3.05) is 18.5 Å². The molecule has 6 heteroatoms. The highest BCUT2D eigenvalue weighted by Crippen LogP contribution is 2.28. The summed E-state index contributed by atoms with van der Waals surface area (Å²) in [5.41, 5.74) is 0.630. The van der Waals surface area contributed by atoms with Crippen molar-refractivity contribution in [1.82, 2.24) is 0 Å². The van der Waals surface area contributed by atoms with Crippen molar-refractivity contribution in [3.63, 3.8) is 0 Å². The summed E-state index contributed by atoms with van der Waals surface area (Å²) in [5.74, 6) is 0. The lowest BCUT2D eigenvalue weighted by Crippen LogP contribution is -2.30. The SMILES string of the molecule is O=[N+]([O-])c1ccc(Cl)c(NC2CCCOC2)c1. The van der Waals surface area contributed by atoms with Crippen molar-refractivity contribution in [2.24, 2.45) is 0 Å². The molecule has 17 heavy (non-hydrogen) atoms. The minimum absolute atomic E-state index is 0.0358. The fourth-order valence-electron chi connectivity index (χ4n) is 1.81. The maximum absolute atomic E-state index is 10.7. The molecule has 1 aromatic rings. The van der Waals surface area contributed by atoms with E-state index in [1.165, 1.54) is 18.2 Å². The van der Waals surface area contributed by atoms with Crippen LogP contribution >= 0.6 is 11.6 Å². The van der Waals surface area contributed by atoms with Gasteiger partial charge in [0.15, 0.2) is 0 Å². The number of nitro benzene ring substituents is 1. The first-order valence-electron chi connectivity index (χ1n) is 5.45. The monoisotopic (exact) mass is 256 g/mol. The molecule has 1 heterocycles. The lowest BCUT2D eigenvalue weighted by atomic mass is 10.1. The van der Waals surface area contributed by atoms with E-state index in [1.807, 2.05) is 0 Å². The van der Waals surface area contributed by atoms with Gasteiger partial charge in [0.25, 0.3) is 5.69 Å². The van der Waals surface area contributed by atoms with Gasteiger partial charge in [-0.2, -0.15) is 0 Å². The molecule has 0 amide bonds. The first-order valence-corrected chi connectivity index (χ1v) is 5.83. The Hall–Kier alpha value is -1.33. The van der Waals surface area contributed by atoms with Gasteiger partial charge in [-0.3, -0.25) is 10.1 Å². The van der Waals surface area contributed by atoms with Crippen LogP contribution in [0.25, 0.3) is 0 Å². The van der Waals surface area contributed by atoms with Crippen LogP contribution in [-0.4, -0.2) is 24.2 Å². The summed E-state index contributed by atoms with van der Waals surface area (Å²) < 4.78 is 5.33. The van der Waals surface area contributed by atoms with Gasteiger partial charge in [-0.25, -0.2) is 0 Å². The van der Waals surface area contributed by atoms with E-state index in [2.05, 4.69) is 5.32 Å². The minimum Gasteiger partial charge on any atom is -0.379 e. The number of benzene rings is 1. The number of nitrogens with zero attached hydrogens (tertiary/aromatic N) is 1. The van der Waals surface area contributed by atoms with E-state index in [0.29, 0.717) is 17.3 Å². The molecule has 0 saturated carbocycles. The fourth-order valence-corrected chi connectivity index (χ4v) is 1.98. The predicted molar refractivity (Wildman–Crippen MR) is 65.6 cm³/mol. The Morgan fingerprint density at radius 3 is 3.00 bits per heavy atom. The zero-order valence-corrected chi connectivity index (χ0v) is 9.94. The van der Waals surface area contributed by atoms with Crippen molar-refractivity contribution < 1.29 is 9.66 Å². The van der Waals surface area contributed by atoms with E-state index in [9.17, 15) is 10.1 Å². The van der Waals surface area contributed by atoms with Gasteiger partial charge in [0.2, 0.25) is 0 Å². The standard InChI is InChI=1S/C11H13ClN2O3/c12-10-4-3-9(14(15)16)6-11(10)13-8-2-1-5-17-7-8/h3-4,6,8,13H,1-2,5,7H2. The summed E-state index contributed by atoms with van der Waals surface area (Å²) in [6, 6.07) is 4.55. The molecule has 0 radical (unpaired) electrons. The molecule has 0 bridgehead atoms. The summed E-state index contributed by atoms with van der Waals surface area (Å²) in [4.78, 5) is 10.2. The van der Waals surface area contributed by atoms with Gasteiger partial charge >= 0.3 is 0 Å². The Morgan fingerprint density at radius 1 is 1.53 bits per heavy atom. The number of rotatable bonds is 3. The third-order valence-electron chi connectivity index (χ3n) is 2.68. The zero-order valence-electron chi connectivity index (χ0n) is 9.19. The third-order valence-corrected chi connectivity index (χ3v) is 3.01. The number of nitro groups is 1. The molecule has 0 spiro atoms. The zero-order chi connectivity index (χ0) is 12.3. The minimum atomic E-state index is -0.432. The summed E-state index contributed by atoms with van der Waals surface area (Å²) in [5, 5.41) is 14.3. The largest absolute Gasteiger partial charge is 0.379 e. The second-order valence-electron chi connectivity index (χ2n) is 3.98. The van der Waals surface area contributed by atoms with Gasteiger partial charge in [0.1, 0.15) is 0 Å². The molecule has 0 aliphatic carbocycles. The van der Waals surface area contributed by atoms with E-state index in [-0.39, 0.29) is 11.7 Å². The summed E-state index contributed by atoms with van der Waals surface area (Å²) >= 11 is 5.99. The van der Waals surface area contributed by atoms with Crippen LogP contribution in [0.5, 0.6) is 0 Å². The van der Waals surface area contributed by atoms with E-state index in [4.69, 9.17) is 16.3 Å². The van der Waals surface area contributed by atoms with Gasteiger partial charge in [-0.1, -0.05) is 11.6 Å². The van der Waals surface area contributed by atoms with Crippen LogP contribution in [0.3, 0.4) is 0 Å². The van der Waals surface area contributed by atoms with Crippen molar-refractivity contribution in [3.05, 3.63) is 33.3 Å². The van der Waals surface area contributed by atoms with Gasteiger partial charge in [-0.05, 0) is 18.9 Å². The number of anilines is 1. The number of non-ortho nitro benzene ring substituents is 1. The molecule has 1 aromatic carbocycles. The molecule has 2 rings (SSSR count). The molecule has 5 nitrogen and oxygen atoms in total. The van der Waals surface area contributed by atoms with Crippen molar-refractivity contribution in [3.8, 4) is 0 Å². The first-order chi connectivity index (χ1) is 8.16. The molecule has 1 atom stereocenters. The summed E-state index contributed by atoms with van der Waals surface area (Å²) in [6.07, 6.45) is 1.98. The molecule has 0 aromatic heterocycles. The second kappa shape index (κ2) is 5.33. The Labute approximate surface area is 104 Å². The van der Waals surface area contributed by atoms with Crippen LogP contribution in [0.1, 0.15) is 12.8 Å². The predicted octanol–water partition coefficient (Wildman–Crippen LogP) is 2.84. The number of halogens is 1. The van der Waals surface area contributed by atoms with Gasteiger partial charge < -0.3 is 10.1 Å². The van der Waals surface area contributed by atoms with Gasteiger partial charge in [0, 0.05) is 24.8 Å². The average Bonchev–Trinajstić information content (AvgIpc) is 2.33. The van der Waals surface area contributed by atoms with Gasteiger partial charge in [-0.15, -0.1) is 0 Å². The highest BCUT2D eigenvalue weighted by Gasteiger charge is 2.16. The lowest BCUT2D eigenvalue weighted by Gasteiger charge is -2.24. The van der Waals surface area contributed by atoms with Crippen LogP contribution in [-0.2, 0) is 4.74 Å². The van der Waals surface area contributed by atoms with E-state index >= 15 is 0 Å². The fraction of sp³-hybridized carbons (Fsp3) is 0.455. The molecular weight excluding hydrogens is 244 g/mol. The highest BCUT2D eigenvalue weighted by molar-refractivity contribution is 6.33. The molecule has 92 valence electrons. The van der Waals surface area contributed by atoms with Gasteiger partial charge in [0.05, 0.1) is 22.2 Å². The Kier molecular flexibility index (Phi) is 3.81. The van der Waals surface area contributed by atoms with Crippen LogP contribution in [0.2, 0.25) is 5.02 Å². The van der Waals surface area contributed by atoms with Crippen molar-refractivity contribution >= 4 is 23.0 Å². The summed E-state index contributed by atoms with van der Waals surface area (Å²) in [6.45, 7) is 1.39. The Bertz CT molecular complexity index is 419. The van der Waals surface area contributed by atoms with Crippen molar-refractivity contribution in [2.45, 2.75) is 18.9 Å². The Morgan fingerprint density at radius 2 is 2.35 bits per heavy atom. The number of nitrogens with one attached hydrogen (secondary N) is 1. The van der Waals surface area contributed by atoms with Crippen molar-refractivity contribution in [1.29, 1.82) is 0 Å².